The van der Waals surface area contributed by atoms with E-state index in [4.69, 9.17) is 9.72 Å². The second kappa shape index (κ2) is 7.49. The number of aliphatic hydroxyl groups is 1. The number of carbonyl (C=O) groups excluding carboxylic acids is 1. The Morgan fingerprint density at radius 3 is 2.44 bits per heavy atom. The van der Waals surface area contributed by atoms with Crippen LogP contribution in [0.1, 0.15) is 32.0 Å². The highest BCUT2D eigenvalue weighted by Crippen LogP contribution is 2.26. The smallest absolute Gasteiger partial charge is 0.335 e. The van der Waals surface area contributed by atoms with Gasteiger partial charge in [0.1, 0.15) is 5.60 Å². The standard InChI is InChI=1S/C23H25NO3/c1-15-9-11-16(12-10-15)19-13-17-7-5-6-8-18(17)20(24-19)14-21(25)22(26)27-23(2,3)4/h5-13,21,25H,14H2,1-4H3. The Hall–Kier alpha value is -2.72. The number of benzene rings is 2. The number of hydrogen-bond acceptors (Lipinski definition) is 4. The summed E-state index contributed by atoms with van der Waals surface area (Å²) in [4.78, 5) is 16.9. The lowest BCUT2D eigenvalue weighted by Crippen LogP contribution is -2.33. The zero-order chi connectivity index (χ0) is 19.6. The predicted octanol–water partition coefficient (Wildman–Crippen LogP) is 4.46. The van der Waals surface area contributed by atoms with Crippen molar-refractivity contribution in [3.63, 3.8) is 0 Å². The van der Waals surface area contributed by atoms with Gasteiger partial charge in [0, 0.05) is 17.4 Å². The first-order valence-electron chi connectivity index (χ1n) is 9.09. The van der Waals surface area contributed by atoms with Gasteiger partial charge in [-0.15, -0.1) is 0 Å². The lowest BCUT2D eigenvalue weighted by atomic mass is 10.0. The minimum atomic E-state index is -1.26. The molecule has 140 valence electrons. The van der Waals surface area contributed by atoms with Gasteiger partial charge in [0.05, 0.1) is 11.4 Å². The topological polar surface area (TPSA) is 59.4 Å². The number of esters is 1. The molecule has 1 aromatic heterocycles. The summed E-state index contributed by atoms with van der Waals surface area (Å²) in [7, 11) is 0. The van der Waals surface area contributed by atoms with Crippen molar-refractivity contribution in [3.05, 3.63) is 65.9 Å². The van der Waals surface area contributed by atoms with Crippen LogP contribution >= 0.6 is 0 Å². The summed E-state index contributed by atoms with van der Waals surface area (Å²) in [6.07, 6.45) is -1.15. The van der Waals surface area contributed by atoms with Crippen LogP contribution in [0.15, 0.2) is 54.6 Å². The van der Waals surface area contributed by atoms with Crippen LogP contribution in [0.4, 0.5) is 0 Å². The second-order valence-electron chi connectivity index (χ2n) is 7.79. The van der Waals surface area contributed by atoms with Gasteiger partial charge < -0.3 is 9.84 Å². The highest BCUT2D eigenvalue weighted by Gasteiger charge is 2.24. The minimum absolute atomic E-state index is 0.106. The SMILES string of the molecule is Cc1ccc(-c2cc3ccccc3c(CC(O)C(=O)OC(C)(C)C)n2)cc1. The Morgan fingerprint density at radius 1 is 1.11 bits per heavy atom. The highest BCUT2D eigenvalue weighted by molar-refractivity contribution is 5.88. The van der Waals surface area contributed by atoms with E-state index in [1.807, 2.05) is 61.5 Å². The summed E-state index contributed by atoms with van der Waals surface area (Å²) in [5.74, 6) is -0.630. The van der Waals surface area contributed by atoms with Crippen LogP contribution in [-0.2, 0) is 16.0 Å². The quantitative estimate of drug-likeness (QED) is 0.696. The molecule has 4 nitrogen and oxygen atoms in total. The van der Waals surface area contributed by atoms with Gasteiger partial charge in [0.15, 0.2) is 6.10 Å². The molecular formula is C23H25NO3. The number of pyridine rings is 1. The molecular weight excluding hydrogens is 338 g/mol. The molecule has 0 spiro atoms. The van der Waals surface area contributed by atoms with Crippen LogP contribution in [0.2, 0.25) is 0 Å². The molecule has 1 N–H and O–H groups in total. The molecule has 4 heteroatoms. The van der Waals surface area contributed by atoms with Crippen LogP contribution in [0.3, 0.4) is 0 Å². The fourth-order valence-electron chi connectivity index (χ4n) is 2.93. The van der Waals surface area contributed by atoms with E-state index in [1.54, 1.807) is 20.8 Å². The van der Waals surface area contributed by atoms with E-state index in [9.17, 15) is 9.90 Å². The molecule has 2 aromatic carbocycles. The summed E-state index contributed by atoms with van der Waals surface area (Å²) < 4.78 is 5.30. The summed E-state index contributed by atoms with van der Waals surface area (Å²) in [5.41, 5.74) is 3.04. The van der Waals surface area contributed by atoms with Crippen molar-refractivity contribution in [2.45, 2.75) is 45.8 Å². The van der Waals surface area contributed by atoms with Crippen molar-refractivity contribution in [2.75, 3.05) is 0 Å². The molecule has 0 saturated heterocycles. The van der Waals surface area contributed by atoms with Crippen molar-refractivity contribution < 1.29 is 14.6 Å². The molecule has 3 rings (SSSR count). The molecule has 1 atom stereocenters. The van der Waals surface area contributed by atoms with Gasteiger partial charge in [-0.25, -0.2) is 4.79 Å². The van der Waals surface area contributed by atoms with Crippen LogP contribution < -0.4 is 0 Å². The first-order chi connectivity index (χ1) is 12.7. The molecule has 3 aromatic rings. The van der Waals surface area contributed by atoms with Gasteiger partial charge in [-0.3, -0.25) is 4.98 Å². The van der Waals surface area contributed by atoms with E-state index < -0.39 is 17.7 Å². The average molecular weight is 363 g/mol. The number of hydrogen-bond donors (Lipinski definition) is 1. The van der Waals surface area contributed by atoms with E-state index >= 15 is 0 Å². The molecule has 1 unspecified atom stereocenters. The summed E-state index contributed by atoms with van der Waals surface area (Å²) in [6.45, 7) is 7.38. The molecule has 0 aliphatic heterocycles. The first-order valence-corrected chi connectivity index (χ1v) is 9.09. The van der Waals surface area contributed by atoms with E-state index in [1.165, 1.54) is 5.56 Å². The molecule has 0 radical (unpaired) electrons. The van der Waals surface area contributed by atoms with Crippen molar-refractivity contribution >= 4 is 16.7 Å². The maximum Gasteiger partial charge on any atom is 0.335 e. The molecule has 0 amide bonds. The largest absolute Gasteiger partial charge is 0.458 e. The van der Waals surface area contributed by atoms with Crippen LogP contribution in [0.25, 0.3) is 22.0 Å². The van der Waals surface area contributed by atoms with Crippen LogP contribution in [0.5, 0.6) is 0 Å². The molecule has 0 saturated carbocycles. The van der Waals surface area contributed by atoms with Gasteiger partial charge in [-0.2, -0.15) is 0 Å². The maximum atomic E-state index is 12.2. The van der Waals surface area contributed by atoms with E-state index in [2.05, 4.69) is 0 Å². The lowest BCUT2D eigenvalue weighted by molar-refractivity contribution is -0.164. The third-order valence-corrected chi connectivity index (χ3v) is 4.23. The molecule has 0 aliphatic rings. The van der Waals surface area contributed by atoms with Crippen LogP contribution in [-0.4, -0.2) is 27.8 Å². The number of ether oxygens (including phenoxy) is 1. The fourth-order valence-corrected chi connectivity index (χ4v) is 2.93. The third-order valence-electron chi connectivity index (χ3n) is 4.23. The van der Waals surface area contributed by atoms with Crippen molar-refractivity contribution in [2.24, 2.45) is 0 Å². The fraction of sp³-hybridized carbons (Fsp3) is 0.304. The number of nitrogens with zero attached hydrogens (tertiary/aromatic N) is 1. The number of aryl methyl sites for hydroxylation is 1. The Morgan fingerprint density at radius 2 is 1.78 bits per heavy atom. The Labute approximate surface area is 159 Å². The normalized spacial score (nSPS) is 12.8. The van der Waals surface area contributed by atoms with Crippen molar-refractivity contribution in [1.82, 2.24) is 4.98 Å². The van der Waals surface area contributed by atoms with E-state index in [0.29, 0.717) is 5.69 Å². The van der Waals surface area contributed by atoms with Gasteiger partial charge in [-0.05, 0) is 39.1 Å². The monoisotopic (exact) mass is 363 g/mol. The van der Waals surface area contributed by atoms with Crippen molar-refractivity contribution in [3.8, 4) is 11.3 Å². The van der Waals surface area contributed by atoms with Crippen LogP contribution in [0, 0.1) is 6.92 Å². The predicted molar refractivity (Wildman–Crippen MR) is 107 cm³/mol. The number of rotatable bonds is 4. The molecule has 0 fully saturated rings. The summed E-state index contributed by atoms with van der Waals surface area (Å²) in [5, 5.41) is 12.3. The van der Waals surface area contributed by atoms with Gasteiger partial charge in [0.25, 0.3) is 0 Å². The molecule has 1 heterocycles. The van der Waals surface area contributed by atoms with Gasteiger partial charge in [-0.1, -0.05) is 54.1 Å². The number of aromatic nitrogens is 1. The Kier molecular flexibility index (Phi) is 5.29. The first kappa shape index (κ1) is 19.1. The summed E-state index contributed by atoms with van der Waals surface area (Å²) in [6, 6.07) is 18.0. The van der Waals surface area contributed by atoms with E-state index in [-0.39, 0.29) is 6.42 Å². The maximum absolute atomic E-state index is 12.2. The second-order valence-corrected chi connectivity index (χ2v) is 7.79. The Balaban J connectivity index is 1.98. The van der Waals surface area contributed by atoms with E-state index in [0.717, 1.165) is 22.0 Å². The summed E-state index contributed by atoms with van der Waals surface area (Å²) >= 11 is 0. The number of carbonyl (C=O) groups is 1. The minimum Gasteiger partial charge on any atom is -0.458 e. The highest BCUT2D eigenvalue weighted by atomic mass is 16.6. The van der Waals surface area contributed by atoms with Gasteiger partial charge in [0.2, 0.25) is 0 Å². The number of aliphatic hydroxyl groups excluding tert-OH is 1. The molecule has 0 aliphatic carbocycles. The Bertz CT molecular complexity index is 956. The van der Waals surface area contributed by atoms with Gasteiger partial charge >= 0.3 is 5.97 Å². The molecule has 0 bridgehead atoms. The zero-order valence-corrected chi connectivity index (χ0v) is 16.2. The van der Waals surface area contributed by atoms with Crippen molar-refractivity contribution in [1.29, 1.82) is 0 Å². The number of fused-ring (bicyclic) bond motifs is 1. The molecule has 27 heavy (non-hydrogen) atoms. The average Bonchev–Trinajstić information content (AvgIpc) is 2.60. The zero-order valence-electron chi connectivity index (χ0n) is 16.2. The third kappa shape index (κ3) is 4.72. The lowest BCUT2D eigenvalue weighted by Gasteiger charge is -2.22.